The van der Waals surface area contributed by atoms with Gasteiger partial charge < -0.3 is 15.8 Å². The third-order valence-electron chi connectivity index (χ3n) is 4.07. The number of hydrogen-bond acceptors (Lipinski definition) is 4. The molecule has 1 aromatic carbocycles. The second kappa shape index (κ2) is 7.26. The minimum absolute atomic E-state index is 0.206. The second-order valence-corrected chi connectivity index (χ2v) is 5.36. The molecule has 0 aromatic heterocycles. The lowest BCUT2D eigenvalue weighted by molar-refractivity contribution is 0.182. The van der Waals surface area contributed by atoms with E-state index in [1.54, 1.807) is 0 Å². The number of anilines is 1. The Morgan fingerprint density at radius 2 is 1.90 bits per heavy atom. The molecule has 0 aliphatic carbocycles. The van der Waals surface area contributed by atoms with Crippen molar-refractivity contribution in [3.63, 3.8) is 0 Å². The first-order valence-electron chi connectivity index (χ1n) is 7.35. The summed E-state index contributed by atoms with van der Waals surface area (Å²) in [5, 5.41) is 11.8. The van der Waals surface area contributed by atoms with E-state index in [0.717, 1.165) is 38.3 Å². The van der Waals surface area contributed by atoms with Gasteiger partial charge in [0.15, 0.2) is 0 Å². The lowest BCUT2D eigenvalue weighted by Gasteiger charge is -2.40. The van der Waals surface area contributed by atoms with Crippen molar-refractivity contribution >= 4 is 11.5 Å². The summed E-state index contributed by atoms with van der Waals surface area (Å²) >= 11 is 0. The van der Waals surface area contributed by atoms with Gasteiger partial charge in [-0.05, 0) is 30.7 Å². The van der Waals surface area contributed by atoms with Crippen LogP contribution in [0.15, 0.2) is 29.4 Å². The van der Waals surface area contributed by atoms with Gasteiger partial charge in [0, 0.05) is 44.3 Å². The molecule has 2 rings (SSSR count). The van der Waals surface area contributed by atoms with E-state index < -0.39 is 0 Å². The zero-order valence-electron chi connectivity index (χ0n) is 12.4. The Kier molecular flexibility index (Phi) is 5.38. The standard InChI is InChI=1S/C15H23FN4O/c1-2-13(11-15(17)18-21)19-7-9-20(10-8-19)14-5-3-12(16)4-6-14/h3-6,13,21H,2,7-11H2,1H3,(H2,17,18). The number of benzene rings is 1. The van der Waals surface area contributed by atoms with Gasteiger partial charge in [-0.1, -0.05) is 12.1 Å². The number of halogens is 1. The van der Waals surface area contributed by atoms with Gasteiger partial charge in [0.1, 0.15) is 11.7 Å². The fraction of sp³-hybridized carbons (Fsp3) is 0.533. The van der Waals surface area contributed by atoms with Crippen molar-refractivity contribution in [2.24, 2.45) is 10.9 Å². The van der Waals surface area contributed by atoms with Crippen LogP contribution >= 0.6 is 0 Å². The fourth-order valence-corrected chi connectivity index (χ4v) is 2.81. The maximum absolute atomic E-state index is 13.0. The quantitative estimate of drug-likeness (QED) is 0.376. The molecular weight excluding hydrogens is 271 g/mol. The molecule has 1 heterocycles. The van der Waals surface area contributed by atoms with E-state index in [4.69, 9.17) is 10.9 Å². The van der Waals surface area contributed by atoms with Gasteiger partial charge in [-0.3, -0.25) is 4.90 Å². The SMILES string of the molecule is CCC(C/C(N)=N/O)N1CCN(c2ccc(F)cc2)CC1. The summed E-state index contributed by atoms with van der Waals surface area (Å²) in [4.78, 5) is 4.63. The van der Waals surface area contributed by atoms with Crippen molar-refractivity contribution in [2.75, 3.05) is 31.1 Å². The van der Waals surface area contributed by atoms with Crippen LogP contribution in [0.25, 0.3) is 0 Å². The van der Waals surface area contributed by atoms with E-state index in [9.17, 15) is 4.39 Å². The van der Waals surface area contributed by atoms with Crippen LogP contribution in [-0.2, 0) is 0 Å². The molecule has 0 saturated carbocycles. The summed E-state index contributed by atoms with van der Waals surface area (Å²) in [5.41, 5.74) is 6.67. The van der Waals surface area contributed by atoms with Gasteiger partial charge in [-0.15, -0.1) is 0 Å². The molecule has 0 radical (unpaired) electrons. The molecule has 5 nitrogen and oxygen atoms in total. The second-order valence-electron chi connectivity index (χ2n) is 5.36. The highest BCUT2D eigenvalue weighted by Crippen LogP contribution is 2.19. The first-order valence-corrected chi connectivity index (χ1v) is 7.35. The third-order valence-corrected chi connectivity index (χ3v) is 4.07. The predicted octanol–water partition coefficient (Wildman–Crippen LogP) is 1.86. The zero-order chi connectivity index (χ0) is 15.2. The molecule has 1 atom stereocenters. The number of rotatable bonds is 5. The molecular formula is C15H23FN4O. The average molecular weight is 294 g/mol. The molecule has 1 unspecified atom stereocenters. The van der Waals surface area contributed by atoms with Crippen LogP contribution in [0.2, 0.25) is 0 Å². The highest BCUT2D eigenvalue weighted by molar-refractivity contribution is 5.80. The predicted molar refractivity (Wildman–Crippen MR) is 82.3 cm³/mol. The maximum atomic E-state index is 13.0. The number of piperazine rings is 1. The van der Waals surface area contributed by atoms with Crippen LogP contribution in [0.5, 0.6) is 0 Å². The lowest BCUT2D eigenvalue weighted by Crippen LogP contribution is -2.51. The highest BCUT2D eigenvalue weighted by Gasteiger charge is 2.23. The molecule has 1 aliphatic heterocycles. The van der Waals surface area contributed by atoms with Crippen molar-refractivity contribution in [1.82, 2.24) is 4.90 Å². The molecule has 116 valence electrons. The van der Waals surface area contributed by atoms with Crippen LogP contribution in [0.3, 0.4) is 0 Å². The topological polar surface area (TPSA) is 65.1 Å². The van der Waals surface area contributed by atoms with Crippen molar-refractivity contribution in [1.29, 1.82) is 0 Å². The summed E-state index contributed by atoms with van der Waals surface area (Å²) in [6.45, 7) is 5.77. The molecule has 1 fully saturated rings. The smallest absolute Gasteiger partial charge is 0.140 e. The van der Waals surface area contributed by atoms with E-state index in [1.807, 2.05) is 12.1 Å². The third kappa shape index (κ3) is 4.07. The van der Waals surface area contributed by atoms with Gasteiger partial charge in [-0.25, -0.2) is 4.39 Å². The van der Waals surface area contributed by atoms with Gasteiger partial charge >= 0.3 is 0 Å². The van der Waals surface area contributed by atoms with Crippen LogP contribution in [0.4, 0.5) is 10.1 Å². The number of nitrogens with two attached hydrogens (primary N) is 1. The van der Waals surface area contributed by atoms with Gasteiger partial charge in [0.25, 0.3) is 0 Å². The Morgan fingerprint density at radius 3 is 2.43 bits per heavy atom. The van der Waals surface area contributed by atoms with Gasteiger partial charge in [0.2, 0.25) is 0 Å². The molecule has 1 saturated heterocycles. The van der Waals surface area contributed by atoms with Crippen LogP contribution in [0.1, 0.15) is 19.8 Å². The Bertz CT molecular complexity index is 469. The van der Waals surface area contributed by atoms with Crippen molar-refractivity contribution in [3.05, 3.63) is 30.1 Å². The monoisotopic (exact) mass is 294 g/mol. The summed E-state index contributed by atoms with van der Waals surface area (Å²) in [7, 11) is 0. The number of hydrogen-bond donors (Lipinski definition) is 2. The van der Waals surface area contributed by atoms with Gasteiger partial charge in [0.05, 0.1) is 0 Å². The first-order chi connectivity index (χ1) is 10.1. The van der Waals surface area contributed by atoms with Gasteiger partial charge in [-0.2, -0.15) is 0 Å². The lowest BCUT2D eigenvalue weighted by atomic mass is 10.1. The Labute approximate surface area is 124 Å². The average Bonchev–Trinajstić information content (AvgIpc) is 2.53. The van der Waals surface area contributed by atoms with Crippen LogP contribution in [-0.4, -0.2) is 48.2 Å². The van der Waals surface area contributed by atoms with Crippen molar-refractivity contribution < 1.29 is 9.60 Å². The zero-order valence-corrected chi connectivity index (χ0v) is 12.4. The van der Waals surface area contributed by atoms with Crippen LogP contribution in [0, 0.1) is 5.82 Å². The van der Waals surface area contributed by atoms with E-state index in [-0.39, 0.29) is 11.7 Å². The summed E-state index contributed by atoms with van der Waals surface area (Å²) in [6, 6.07) is 6.93. The molecule has 6 heteroatoms. The van der Waals surface area contributed by atoms with E-state index in [1.165, 1.54) is 12.1 Å². The molecule has 3 N–H and O–H groups in total. The van der Waals surface area contributed by atoms with E-state index >= 15 is 0 Å². The Morgan fingerprint density at radius 1 is 1.29 bits per heavy atom. The molecule has 0 bridgehead atoms. The van der Waals surface area contributed by atoms with E-state index in [2.05, 4.69) is 21.9 Å². The Hall–Kier alpha value is -1.82. The summed E-state index contributed by atoms with van der Waals surface area (Å²) in [6.07, 6.45) is 1.55. The molecule has 1 aromatic rings. The summed E-state index contributed by atoms with van der Waals surface area (Å²) in [5.74, 6) is 0.0741. The summed E-state index contributed by atoms with van der Waals surface area (Å²) < 4.78 is 13.0. The molecule has 0 spiro atoms. The number of oxime groups is 1. The normalized spacial score (nSPS) is 18.8. The maximum Gasteiger partial charge on any atom is 0.140 e. The molecule has 0 amide bonds. The van der Waals surface area contributed by atoms with Crippen molar-refractivity contribution in [3.8, 4) is 0 Å². The highest BCUT2D eigenvalue weighted by atomic mass is 19.1. The minimum Gasteiger partial charge on any atom is -0.409 e. The molecule has 21 heavy (non-hydrogen) atoms. The van der Waals surface area contributed by atoms with Crippen LogP contribution < -0.4 is 10.6 Å². The van der Waals surface area contributed by atoms with Crippen molar-refractivity contribution in [2.45, 2.75) is 25.8 Å². The van der Waals surface area contributed by atoms with E-state index in [0.29, 0.717) is 12.5 Å². The Balaban J connectivity index is 1.91. The first kappa shape index (κ1) is 15.6. The largest absolute Gasteiger partial charge is 0.409 e. The fourth-order valence-electron chi connectivity index (χ4n) is 2.81. The molecule has 1 aliphatic rings. The number of amidine groups is 1. The number of nitrogens with zero attached hydrogens (tertiary/aromatic N) is 3. The minimum atomic E-state index is -0.206.